The maximum atomic E-state index is 13.5. The summed E-state index contributed by atoms with van der Waals surface area (Å²) < 4.78 is 11.1. The topological polar surface area (TPSA) is 85.6 Å². The molecule has 5 rings (SSSR count). The molecular weight excluding hydrogens is 438 g/mol. The summed E-state index contributed by atoms with van der Waals surface area (Å²) in [6, 6.07) is 11.0. The number of esters is 1. The zero-order valence-electron chi connectivity index (χ0n) is 18.3. The van der Waals surface area contributed by atoms with E-state index in [1.54, 1.807) is 49.4 Å². The summed E-state index contributed by atoms with van der Waals surface area (Å²) >= 11 is 1.63. The minimum Gasteiger partial charge on any atom is -0.464 e. The molecule has 0 unspecified atom stereocenters. The van der Waals surface area contributed by atoms with Crippen LogP contribution in [0.4, 0.5) is 0 Å². The Morgan fingerprint density at radius 2 is 2.00 bits per heavy atom. The number of carbonyl (C=O) groups is 2. The van der Waals surface area contributed by atoms with E-state index in [1.165, 1.54) is 6.26 Å². The fraction of sp³-hybridized carbons (Fsp3) is 0.269. The first-order valence-corrected chi connectivity index (χ1v) is 11.8. The van der Waals surface area contributed by atoms with Crippen molar-refractivity contribution in [2.45, 2.75) is 38.5 Å². The maximum Gasteiger partial charge on any atom is 0.336 e. The van der Waals surface area contributed by atoms with Gasteiger partial charge in [0.15, 0.2) is 11.2 Å². The molecule has 0 radical (unpaired) electrons. The van der Waals surface area contributed by atoms with Crippen LogP contribution in [0.5, 0.6) is 0 Å². The number of ketones is 1. The lowest BCUT2D eigenvalue weighted by Gasteiger charge is -2.36. The van der Waals surface area contributed by atoms with Gasteiger partial charge in [0.1, 0.15) is 5.58 Å². The summed E-state index contributed by atoms with van der Waals surface area (Å²) in [7, 11) is 0. The highest BCUT2D eigenvalue weighted by Crippen LogP contribution is 2.45. The minimum atomic E-state index is -0.835. The minimum absolute atomic E-state index is 0.0642. The van der Waals surface area contributed by atoms with Gasteiger partial charge in [-0.3, -0.25) is 9.59 Å². The van der Waals surface area contributed by atoms with Crippen molar-refractivity contribution in [3.05, 3.63) is 91.2 Å². The van der Waals surface area contributed by atoms with Gasteiger partial charge in [-0.05, 0) is 43.8 Å². The zero-order chi connectivity index (χ0) is 23.1. The first-order valence-electron chi connectivity index (χ1n) is 10.9. The van der Waals surface area contributed by atoms with Gasteiger partial charge in [-0.25, -0.2) is 4.79 Å². The van der Waals surface area contributed by atoms with Crippen molar-refractivity contribution >= 4 is 34.1 Å². The molecule has 0 amide bonds. The number of fused-ring (bicyclic) bond motifs is 1. The van der Waals surface area contributed by atoms with Gasteiger partial charge in [0.2, 0.25) is 0 Å². The van der Waals surface area contributed by atoms with E-state index in [9.17, 15) is 14.4 Å². The lowest BCUT2D eigenvalue weighted by atomic mass is 9.73. The Kier molecular flexibility index (Phi) is 5.50. The Labute approximate surface area is 194 Å². The van der Waals surface area contributed by atoms with Crippen LogP contribution in [-0.4, -0.2) is 18.4 Å². The molecule has 0 spiro atoms. The van der Waals surface area contributed by atoms with Crippen LogP contribution < -0.4 is 10.7 Å². The third-order valence-electron chi connectivity index (χ3n) is 6.29. The highest BCUT2D eigenvalue weighted by molar-refractivity contribution is 7.10. The number of carbonyl (C=O) groups excluding carboxylic acids is 2. The molecule has 0 bridgehead atoms. The zero-order valence-corrected chi connectivity index (χ0v) is 19.2. The number of benzene rings is 1. The second kappa shape index (κ2) is 8.48. The Hall–Kier alpha value is -3.45. The number of thiophene rings is 1. The lowest BCUT2D eigenvalue weighted by molar-refractivity contribution is -0.138. The summed E-state index contributed by atoms with van der Waals surface area (Å²) in [5.41, 5.74) is 2.56. The molecule has 1 N–H and O–H groups in total. The summed E-state index contributed by atoms with van der Waals surface area (Å²) in [6.07, 6.45) is 2.34. The van der Waals surface area contributed by atoms with Crippen molar-refractivity contribution in [1.82, 2.24) is 5.32 Å². The van der Waals surface area contributed by atoms with Gasteiger partial charge in [-0.15, -0.1) is 11.3 Å². The van der Waals surface area contributed by atoms with Crippen molar-refractivity contribution in [3.63, 3.8) is 0 Å². The number of rotatable bonds is 4. The van der Waals surface area contributed by atoms with E-state index in [2.05, 4.69) is 5.32 Å². The number of ether oxygens (including phenoxy) is 1. The lowest BCUT2D eigenvalue weighted by Crippen LogP contribution is -2.37. The van der Waals surface area contributed by atoms with Crippen LogP contribution in [0, 0.1) is 0 Å². The van der Waals surface area contributed by atoms with Gasteiger partial charge >= 0.3 is 5.97 Å². The molecule has 0 saturated carbocycles. The Bertz CT molecular complexity index is 1380. The van der Waals surface area contributed by atoms with Crippen molar-refractivity contribution in [3.8, 4) is 0 Å². The van der Waals surface area contributed by atoms with Crippen LogP contribution in [0.1, 0.15) is 49.0 Å². The quantitative estimate of drug-likeness (QED) is 0.563. The fourth-order valence-electron chi connectivity index (χ4n) is 4.85. The largest absolute Gasteiger partial charge is 0.464 e. The van der Waals surface area contributed by atoms with Gasteiger partial charge in [-0.1, -0.05) is 18.2 Å². The standard InChI is InChI=1S/C26H23NO5S/c1-3-31-26(30)22-14(2)27-18-11-15(21-9-6-10-33-21)12-19(28)24(18)23(22)17-13-32-20-8-5-4-7-16(20)25(17)29/h4-10,13,15,23,27H,3,11-12H2,1-2H3/t15-,23+/m1/s1. The first kappa shape index (κ1) is 21.4. The molecule has 33 heavy (non-hydrogen) atoms. The van der Waals surface area contributed by atoms with E-state index < -0.39 is 11.9 Å². The number of hydrogen-bond acceptors (Lipinski definition) is 7. The molecule has 6 nitrogen and oxygen atoms in total. The van der Waals surface area contributed by atoms with E-state index in [4.69, 9.17) is 9.15 Å². The summed E-state index contributed by atoms with van der Waals surface area (Å²) in [5, 5.41) is 5.71. The SMILES string of the molecule is CCOC(=O)C1=C(C)NC2=C(C(=O)C[C@H](c3cccs3)C2)[C@H]1c1coc2ccccc2c1=O. The van der Waals surface area contributed by atoms with Crippen LogP contribution in [0.2, 0.25) is 0 Å². The third kappa shape index (κ3) is 3.62. The Morgan fingerprint density at radius 1 is 1.18 bits per heavy atom. The molecule has 1 aliphatic heterocycles. The van der Waals surface area contributed by atoms with Crippen molar-refractivity contribution in [1.29, 1.82) is 0 Å². The van der Waals surface area contributed by atoms with Crippen molar-refractivity contribution in [2.75, 3.05) is 6.61 Å². The predicted octanol–water partition coefficient (Wildman–Crippen LogP) is 4.78. The predicted molar refractivity (Wildman–Crippen MR) is 126 cm³/mol. The monoisotopic (exact) mass is 461 g/mol. The van der Waals surface area contributed by atoms with Gasteiger partial charge < -0.3 is 14.5 Å². The van der Waals surface area contributed by atoms with Gasteiger partial charge in [-0.2, -0.15) is 0 Å². The average Bonchev–Trinajstić information content (AvgIpc) is 3.34. The Morgan fingerprint density at radius 3 is 2.76 bits per heavy atom. The molecule has 2 atom stereocenters. The van der Waals surface area contributed by atoms with Crippen molar-refractivity contribution < 1.29 is 18.7 Å². The van der Waals surface area contributed by atoms with E-state index in [0.29, 0.717) is 35.1 Å². The number of hydrogen-bond donors (Lipinski definition) is 1. The van der Waals surface area contributed by atoms with Crippen molar-refractivity contribution in [2.24, 2.45) is 0 Å². The number of dihydropyridines is 1. The number of allylic oxidation sites excluding steroid dienone is 3. The molecule has 2 aliphatic rings. The fourth-order valence-corrected chi connectivity index (χ4v) is 5.68. The molecule has 0 saturated heterocycles. The smallest absolute Gasteiger partial charge is 0.336 e. The van der Waals surface area contributed by atoms with Crippen LogP contribution in [0.25, 0.3) is 11.0 Å². The number of nitrogens with one attached hydrogen (secondary N) is 1. The third-order valence-corrected chi connectivity index (χ3v) is 7.32. The summed E-state index contributed by atoms with van der Waals surface area (Å²) in [6.45, 7) is 3.70. The van der Waals surface area contributed by atoms with Gasteiger partial charge in [0.05, 0.1) is 29.7 Å². The van der Waals surface area contributed by atoms with Crippen LogP contribution in [-0.2, 0) is 14.3 Å². The molecule has 1 aliphatic carbocycles. The molecule has 168 valence electrons. The van der Waals surface area contributed by atoms with Crippen LogP contribution in [0.3, 0.4) is 0 Å². The van der Waals surface area contributed by atoms with E-state index >= 15 is 0 Å². The number of Topliss-reactive ketones (excluding diaryl/α,β-unsaturated/α-hetero) is 1. The Balaban J connectivity index is 1.69. The van der Waals surface area contributed by atoms with Gasteiger partial charge in [0.25, 0.3) is 0 Å². The molecule has 1 aromatic carbocycles. The first-order chi connectivity index (χ1) is 16.0. The summed E-state index contributed by atoms with van der Waals surface area (Å²) in [4.78, 5) is 41.2. The molecular formula is C26H23NO5S. The molecule has 2 aromatic heterocycles. The molecule has 3 aromatic rings. The van der Waals surface area contributed by atoms with E-state index in [1.807, 2.05) is 17.5 Å². The maximum absolute atomic E-state index is 13.5. The highest BCUT2D eigenvalue weighted by Gasteiger charge is 2.42. The van der Waals surface area contributed by atoms with Crippen LogP contribution >= 0.6 is 11.3 Å². The van der Waals surface area contributed by atoms with E-state index in [-0.39, 0.29) is 34.9 Å². The highest BCUT2D eigenvalue weighted by atomic mass is 32.1. The normalized spacial score (nSPS) is 20.6. The van der Waals surface area contributed by atoms with Gasteiger partial charge in [0, 0.05) is 39.7 Å². The average molecular weight is 462 g/mol. The van der Waals surface area contributed by atoms with E-state index in [0.717, 1.165) is 10.6 Å². The second-order valence-corrected chi connectivity index (χ2v) is 9.25. The molecule has 0 fully saturated rings. The number of para-hydroxylation sites is 1. The molecule has 3 heterocycles. The van der Waals surface area contributed by atoms with Crippen LogP contribution in [0.15, 0.2) is 79.8 Å². The summed E-state index contributed by atoms with van der Waals surface area (Å²) in [5.74, 6) is -1.39. The second-order valence-electron chi connectivity index (χ2n) is 8.27. The molecule has 7 heteroatoms.